The van der Waals surface area contributed by atoms with Gasteiger partial charge in [0.1, 0.15) is 10.8 Å². The number of carbonyl (C=O) groups is 2. The van der Waals surface area contributed by atoms with Crippen molar-refractivity contribution in [2.45, 2.75) is 38.2 Å². The Balaban J connectivity index is 1.36. The number of anilines is 1. The molecular formula is C26H30N6O3S. The van der Waals surface area contributed by atoms with Gasteiger partial charge < -0.3 is 21.9 Å². The standard InChI is InChI=1S/C26H30N6O3S/c27-20(15-16-21(28)29-22(33)17-18-9-3-1-4-10-18)13-7-8-14-23-31-32-26(36-23)30-25(35)24(34)19-11-5-2-6-12-19/h1-6,9-12,15-16,24,34H,7-8,13-14,17,27-28H2,(H,29,33)(H,30,32,35)/b20-15-,21-16+. The Kier molecular flexibility index (Phi) is 10.2. The molecule has 1 heterocycles. The molecule has 1 aromatic heterocycles. The second-order valence-corrected chi connectivity index (χ2v) is 9.15. The van der Waals surface area contributed by atoms with E-state index in [0.717, 1.165) is 23.4 Å². The van der Waals surface area contributed by atoms with Crippen molar-refractivity contribution in [2.24, 2.45) is 11.5 Å². The molecule has 1 unspecified atom stereocenters. The summed E-state index contributed by atoms with van der Waals surface area (Å²) < 4.78 is 0. The van der Waals surface area contributed by atoms with E-state index in [2.05, 4.69) is 20.8 Å². The highest BCUT2D eigenvalue weighted by Crippen LogP contribution is 2.20. The van der Waals surface area contributed by atoms with Crippen LogP contribution in [0.15, 0.2) is 84.3 Å². The van der Waals surface area contributed by atoms with Crippen molar-refractivity contribution in [3.63, 3.8) is 0 Å². The zero-order chi connectivity index (χ0) is 25.8. The van der Waals surface area contributed by atoms with Gasteiger partial charge in [-0.3, -0.25) is 14.9 Å². The van der Waals surface area contributed by atoms with Crippen molar-refractivity contribution in [3.05, 3.63) is 100 Å². The summed E-state index contributed by atoms with van der Waals surface area (Å²) in [5.74, 6) is -0.505. The van der Waals surface area contributed by atoms with Gasteiger partial charge in [-0.05, 0) is 42.5 Å². The van der Waals surface area contributed by atoms with Crippen LogP contribution in [0.1, 0.15) is 41.5 Å². The predicted octanol–water partition coefficient (Wildman–Crippen LogP) is 2.92. The number of rotatable bonds is 12. The Bertz CT molecular complexity index is 1190. The molecule has 0 saturated heterocycles. The van der Waals surface area contributed by atoms with Crippen LogP contribution in [-0.4, -0.2) is 27.1 Å². The molecule has 0 bridgehead atoms. The van der Waals surface area contributed by atoms with Gasteiger partial charge in [-0.1, -0.05) is 72.0 Å². The molecule has 0 saturated carbocycles. The molecule has 0 aliphatic heterocycles. The minimum atomic E-state index is -1.27. The second-order valence-electron chi connectivity index (χ2n) is 8.08. The van der Waals surface area contributed by atoms with Crippen LogP contribution >= 0.6 is 11.3 Å². The van der Waals surface area contributed by atoms with Crippen LogP contribution in [0.5, 0.6) is 0 Å². The molecule has 0 spiro atoms. The summed E-state index contributed by atoms with van der Waals surface area (Å²) in [6, 6.07) is 18.1. The van der Waals surface area contributed by atoms with Crippen LogP contribution in [0, 0.1) is 0 Å². The lowest BCUT2D eigenvalue weighted by Crippen LogP contribution is -2.28. The molecule has 3 rings (SSSR count). The highest BCUT2D eigenvalue weighted by Gasteiger charge is 2.18. The fraction of sp³-hybridized carbons (Fsp3) is 0.231. The fourth-order valence-corrected chi connectivity index (χ4v) is 4.06. The largest absolute Gasteiger partial charge is 0.402 e. The van der Waals surface area contributed by atoms with Crippen molar-refractivity contribution < 1.29 is 14.7 Å². The lowest BCUT2D eigenvalue weighted by Gasteiger charge is -2.09. The lowest BCUT2D eigenvalue weighted by atomic mass is 10.1. The first-order valence-corrected chi connectivity index (χ1v) is 12.3. The van der Waals surface area contributed by atoms with Gasteiger partial charge >= 0.3 is 0 Å². The number of unbranched alkanes of at least 4 members (excludes halogenated alkanes) is 1. The number of nitrogens with two attached hydrogens (primary N) is 2. The van der Waals surface area contributed by atoms with Gasteiger partial charge in [0, 0.05) is 12.1 Å². The third-order valence-corrected chi connectivity index (χ3v) is 6.03. The summed E-state index contributed by atoms with van der Waals surface area (Å²) in [7, 11) is 0. The number of amides is 2. The van der Waals surface area contributed by atoms with Crippen molar-refractivity contribution in [3.8, 4) is 0 Å². The SMILES string of the molecule is N/C(=C\C=C(/N)NC(=O)Cc1ccccc1)CCCCc1nnc(NC(=O)C(O)c2ccccc2)s1. The molecule has 1 atom stereocenters. The first-order chi connectivity index (χ1) is 17.4. The van der Waals surface area contributed by atoms with Gasteiger partial charge in [0.15, 0.2) is 6.10 Å². The van der Waals surface area contributed by atoms with Crippen LogP contribution in [-0.2, 0) is 22.4 Å². The monoisotopic (exact) mass is 506 g/mol. The number of allylic oxidation sites excluding steroid dienone is 3. The minimum Gasteiger partial charge on any atom is -0.402 e. The van der Waals surface area contributed by atoms with E-state index >= 15 is 0 Å². The molecule has 188 valence electrons. The maximum absolute atomic E-state index is 12.2. The number of aryl methyl sites for hydroxylation is 1. The summed E-state index contributed by atoms with van der Waals surface area (Å²) in [5.41, 5.74) is 14.0. The van der Waals surface area contributed by atoms with Gasteiger partial charge in [-0.25, -0.2) is 0 Å². The van der Waals surface area contributed by atoms with E-state index in [1.807, 2.05) is 36.4 Å². The van der Waals surface area contributed by atoms with Crippen molar-refractivity contribution >= 4 is 28.3 Å². The predicted molar refractivity (Wildman–Crippen MR) is 140 cm³/mol. The van der Waals surface area contributed by atoms with Gasteiger partial charge in [-0.2, -0.15) is 0 Å². The van der Waals surface area contributed by atoms with E-state index in [-0.39, 0.29) is 18.1 Å². The van der Waals surface area contributed by atoms with Crippen LogP contribution in [0.3, 0.4) is 0 Å². The number of benzene rings is 2. The highest BCUT2D eigenvalue weighted by molar-refractivity contribution is 7.15. The molecule has 10 heteroatoms. The maximum Gasteiger partial charge on any atom is 0.259 e. The van der Waals surface area contributed by atoms with E-state index in [1.165, 1.54) is 11.3 Å². The Morgan fingerprint density at radius 3 is 2.39 bits per heavy atom. The topological polar surface area (TPSA) is 156 Å². The number of aliphatic hydroxyl groups is 1. The van der Waals surface area contributed by atoms with Crippen LogP contribution in [0.25, 0.3) is 0 Å². The molecule has 2 aromatic carbocycles. The lowest BCUT2D eigenvalue weighted by molar-refractivity contribution is -0.124. The van der Waals surface area contributed by atoms with E-state index in [0.29, 0.717) is 29.2 Å². The number of nitrogens with zero attached hydrogens (tertiary/aromatic N) is 2. The molecule has 2 amide bonds. The average molecular weight is 507 g/mol. The third kappa shape index (κ3) is 8.97. The number of carbonyl (C=O) groups excluding carboxylic acids is 2. The number of aliphatic hydroxyl groups excluding tert-OH is 1. The number of hydrogen-bond acceptors (Lipinski definition) is 8. The first kappa shape index (κ1) is 26.6. The molecule has 36 heavy (non-hydrogen) atoms. The van der Waals surface area contributed by atoms with Gasteiger partial charge in [0.05, 0.1) is 6.42 Å². The Hall–Kier alpha value is -4.02. The molecule has 0 aliphatic carbocycles. The average Bonchev–Trinajstić information content (AvgIpc) is 3.33. The molecule has 0 radical (unpaired) electrons. The zero-order valence-electron chi connectivity index (χ0n) is 19.8. The van der Waals surface area contributed by atoms with Crippen LogP contribution in [0.4, 0.5) is 5.13 Å². The van der Waals surface area contributed by atoms with E-state index in [4.69, 9.17) is 11.5 Å². The number of nitrogens with one attached hydrogen (secondary N) is 2. The van der Waals surface area contributed by atoms with Crippen LogP contribution < -0.4 is 22.1 Å². The van der Waals surface area contributed by atoms with Crippen molar-refractivity contribution in [1.82, 2.24) is 15.5 Å². The van der Waals surface area contributed by atoms with E-state index < -0.39 is 12.0 Å². The maximum atomic E-state index is 12.2. The minimum absolute atomic E-state index is 0.191. The van der Waals surface area contributed by atoms with Crippen molar-refractivity contribution in [2.75, 3.05) is 5.32 Å². The zero-order valence-corrected chi connectivity index (χ0v) is 20.6. The Morgan fingerprint density at radius 1 is 0.972 bits per heavy atom. The quantitative estimate of drug-likeness (QED) is 0.187. The molecule has 0 fully saturated rings. The summed E-state index contributed by atoms with van der Waals surface area (Å²) in [6.07, 6.45) is 5.26. The van der Waals surface area contributed by atoms with Crippen LogP contribution in [0.2, 0.25) is 0 Å². The summed E-state index contributed by atoms with van der Waals surface area (Å²) in [4.78, 5) is 24.3. The van der Waals surface area contributed by atoms with Gasteiger partial charge in [0.2, 0.25) is 11.0 Å². The highest BCUT2D eigenvalue weighted by atomic mass is 32.1. The molecule has 9 nitrogen and oxygen atoms in total. The van der Waals surface area contributed by atoms with Gasteiger partial charge in [-0.15, -0.1) is 10.2 Å². The third-order valence-electron chi connectivity index (χ3n) is 5.13. The molecule has 7 N–H and O–H groups in total. The fourth-order valence-electron chi connectivity index (χ4n) is 3.28. The second kappa shape index (κ2) is 13.8. The summed E-state index contributed by atoms with van der Waals surface area (Å²) >= 11 is 1.28. The number of hydrogen-bond donors (Lipinski definition) is 5. The van der Waals surface area contributed by atoms with Crippen molar-refractivity contribution in [1.29, 1.82) is 0 Å². The summed E-state index contributed by atoms with van der Waals surface area (Å²) in [6.45, 7) is 0. The van der Waals surface area contributed by atoms with E-state index in [1.54, 1.807) is 36.4 Å². The Labute approximate surface area is 213 Å². The van der Waals surface area contributed by atoms with E-state index in [9.17, 15) is 14.7 Å². The summed E-state index contributed by atoms with van der Waals surface area (Å²) in [5, 5.41) is 24.6. The Morgan fingerprint density at radius 2 is 1.67 bits per heavy atom. The molecule has 3 aromatic rings. The first-order valence-electron chi connectivity index (χ1n) is 11.5. The number of aromatic nitrogens is 2. The molecule has 0 aliphatic rings. The van der Waals surface area contributed by atoms with Gasteiger partial charge in [0.25, 0.3) is 5.91 Å². The molecular weight excluding hydrogens is 476 g/mol. The normalized spacial score (nSPS) is 12.7. The smallest absolute Gasteiger partial charge is 0.259 e.